The van der Waals surface area contributed by atoms with E-state index in [1.807, 2.05) is 31.3 Å². The number of carbonyl (C=O) groups excluding carboxylic acids is 1. The van der Waals surface area contributed by atoms with Gasteiger partial charge in [-0.05, 0) is 6.92 Å². The zero-order valence-electron chi connectivity index (χ0n) is 10.9. The van der Waals surface area contributed by atoms with Crippen molar-refractivity contribution in [2.75, 3.05) is 24.7 Å². The van der Waals surface area contributed by atoms with Crippen molar-refractivity contribution in [1.29, 1.82) is 0 Å². The fourth-order valence-electron chi connectivity index (χ4n) is 1.45. The summed E-state index contributed by atoms with van der Waals surface area (Å²) in [5.41, 5.74) is 5.77. The van der Waals surface area contributed by atoms with Crippen molar-refractivity contribution in [2.24, 2.45) is 0 Å². The van der Waals surface area contributed by atoms with E-state index in [-0.39, 0.29) is 17.8 Å². The maximum atomic E-state index is 12.1. The van der Waals surface area contributed by atoms with Gasteiger partial charge in [0, 0.05) is 25.7 Å². The Kier molecular flexibility index (Phi) is 4.01. The van der Waals surface area contributed by atoms with Crippen molar-refractivity contribution >= 4 is 39.5 Å². The second kappa shape index (κ2) is 5.54. The van der Waals surface area contributed by atoms with Gasteiger partial charge in [-0.2, -0.15) is 0 Å². The fourth-order valence-corrected chi connectivity index (χ4v) is 2.90. The molecule has 0 saturated heterocycles. The molecule has 1 amide bonds. The van der Waals surface area contributed by atoms with Gasteiger partial charge in [0.15, 0.2) is 5.13 Å². The lowest BCUT2D eigenvalue weighted by molar-refractivity contribution is 0.0944. The lowest BCUT2D eigenvalue weighted by Crippen LogP contribution is -2.26. The summed E-state index contributed by atoms with van der Waals surface area (Å²) < 4.78 is 0. The minimum Gasteiger partial charge on any atom is -0.382 e. The minimum absolute atomic E-state index is 0.142. The van der Waals surface area contributed by atoms with Crippen LogP contribution in [0.4, 0.5) is 10.9 Å². The Balaban J connectivity index is 2.12. The third-order valence-electron chi connectivity index (χ3n) is 2.40. The van der Waals surface area contributed by atoms with Crippen molar-refractivity contribution in [3.63, 3.8) is 0 Å². The van der Waals surface area contributed by atoms with Gasteiger partial charge in [-0.1, -0.05) is 11.3 Å². The molecule has 0 aliphatic carbocycles. The van der Waals surface area contributed by atoms with Crippen molar-refractivity contribution in [1.82, 2.24) is 15.3 Å². The average molecular weight is 297 g/mol. The number of carbonyl (C=O) groups is 1. The summed E-state index contributed by atoms with van der Waals surface area (Å²) in [6.07, 6.45) is 1.72. The summed E-state index contributed by atoms with van der Waals surface area (Å²) in [6, 6.07) is -0.142. The van der Waals surface area contributed by atoms with Crippen molar-refractivity contribution in [3.8, 4) is 0 Å². The van der Waals surface area contributed by atoms with Crippen molar-refractivity contribution in [3.05, 3.63) is 21.5 Å². The SMILES string of the molecule is CC(NC(=O)c1sc(N(C)C)nc1N)c1nccs1. The van der Waals surface area contributed by atoms with E-state index in [4.69, 9.17) is 5.73 Å². The van der Waals surface area contributed by atoms with Crippen LogP contribution in [0.2, 0.25) is 0 Å². The van der Waals surface area contributed by atoms with Crippen LogP contribution in [0.25, 0.3) is 0 Å². The molecule has 0 aliphatic rings. The highest BCUT2D eigenvalue weighted by molar-refractivity contribution is 7.18. The van der Waals surface area contributed by atoms with E-state index in [2.05, 4.69) is 15.3 Å². The Morgan fingerprint density at radius 3 is 2.79 bits per heavy atom. The van der Waals surface area contributed by atoms with E-state index in [0.29, 0.717) is 10.0 Å². The average Bonchev–Trinajstić information content (AvgIpc) is 2.97. The van der Waals surface area contributed by atoms with Crippen LogP contribution in [0.1, 0.15) is 27.6 Å². The first-order valence-corrected chi connectivity index (χ1v) is 7.32. The molecule has 0 radical (unpaired) electrons. The first-order valence-electron chi connectivity index (χ1n) is 5.63. The van der Waals surface area contributed by atoms with Crippen LogP contribution in [-0.4, -0.2) is 30.0 Å². The fraction of sp³-hybridized carbons (Fsp3) is 0.364. The first kappa shape index (κ1) is 13.8. The Morgan fingerprint density at radius 1 is 1.53 bits per heavy atom. The third kappa shape index (κ3) is 3.02. The smallest absolute Gasteiger partial charge is 0.265 e. The summed E-state index contributed by atoms with van der Waals surface area (Å²) in [5, 5.41) is 6.33. The topological polar surface area (TPSA) is 84.1 Å². The highest BCUT2D eigenvalue weighted by Gasteiger charge is 2.19. The molecule has 8 heteroatoms. The minimum atomic E-state index is -0.217. The van der Waals surface area contributed by atoms with Gasteiger partial charge >= 0.3 is 0 Å². The number of hydrogen-bond donors (Lipinski definition) is 2. The maximum Gasteiger partial charge on any atom is 0.265 e. The molecular formula is C11H15N5OS2. The highest BCUT2D eigenvalue weighted by Crippen LogP contribution is 2.27. The number of hydrogen-bond acceptors (Lipinski definition) is 7. The maximum absolute atomic E-state index is 12.1. The molecule has 6 nitrogen and oxygen atoms in total. The molecule has 2 heterocycles. The predicted octanol–water partition coefficient (Wildman–Crippen LogP) is 1.74. The monoisotopic (exact) mass is 297 g/mol. The van der Waals surface area contributed by atoms with Crippen LogP contribution in [0.5, 0.6) is 0 Å². The lowest BCUT2D eigenvalue weighted by Gasteiger charge is -2.10. The Morgan fingerprint density at radius 2 is 2.26 bits per heavy atom. The zero-order chi connectivity index (χ0) is 14.0. The molecule has 0 fully saturated rings. The number of nitrogens with one attached hydrogen (secondary N) is 1. The Labute approximate surface area is 119 Å². The van der Waals surface area contributed by atoms with Gasteiger partial charge < -0.3 is 16.0 Å². The Hall–Kier alpha value is -1.67. The number of nitrogens with two attached hydrogens (primary N) is 1. The summed E-state index contributed by atoms with van der Waals surface area (Å²) in [4.78, 5) is 22.7. The van der Waals surface area contributed by atoms with Gasteiger partial charge in [0.1, 0.15) is 15.7 Å². The number of nitrogen functional groups attached to an aromatic ring is 1. The summed E-state index contributed by atoms with van der Waals surface area (Å²) in [5.74, 6) is 0.0448. The number of anilines is 2. The number of rotatable bonds is 4. The van der Waals surface area contributed by atoms with Gasteiger partial charge in [-0.15, -0.1) is 11.3 Å². The molecule has 3 N–H and O–H groups in total. The first-order chi connectivity index (χ1) is 8.99. The van der Waals surface area contributed by atoms with Gasteiger partial charge in [0.05, 0.1) is 6.04 Å². The number of nitrogens with zero attached hydrogens (tertiary/aromatic N) is 3. The largest absolute Gasteiger partial charge is 0.382 e. The molecule has 0 aliphatic heterocycles. The van der Waals surface area contributed by atoms with Gasteiger partial charge in [0.25, 0.3) is 5.91 Å². The van der Waals surface area contributed by atoms with Crippen molar-refractivity contribution < 1.29 is 4.79 Å². The van der Waals surface area contributed by atoms with Crippen LogP contribution in [0, 0.1) is 0 Å². The van der Waals surface area contributed by atoms with Crippen LogP contribution < -0.4 is 16.0 Å². The predicted molar refractivity (Wildman–Crippen MR) is 78.8 cm³/mol. The Bertz CT molecular complexity index is 564. The van der Waals surface area contributed by atoms with Gasteiger partial charge in [-0.3, -0.25) is 4.79 Å². The number of thiazole rings is 2. The van der Waals surface area contributed by atoms with E-state index in [1.165, 1.54) is 22.7 Å². The molecule has 0 spiro atoms. The molecule has 0 saturated carbocycles. The molecule has 102 valence electrons. The molecule has 0 bridgehead atoms. The summed E-state index contributed by atoms with van der Waals surface area (Å²) in [7, 11) is 3.72. The quantitative estimate of drug-likeness (QED) is 0.898. The standard InChI is InChI=1S/C11H15N5OS2/c1-6(10-13-4-5-18-10)14-9(17)7-8(12)15-11(19-7)16(2)3/h4-6H,12H2,1-3H3,(H,14,17). The second-order valence-corrected chi connectivity index (χ2v) is 6.07. The third-order valence-corrected chi connectivity index (χ3v) is 4.60. The van der Waals surface area contributed by atoms with E-state index < -0.39 is 0 Å². The van der Waals surface area contributed by atoms with Crippen molar-refractivity contribution in [2.45, 2.75) is 13.0 Å². The number of amides is 1. The van der Waals surface area contributed by atoms with Gasteiger partial charge in [0.2, 0.25) is 0 Å². The molecule has 1 atom stereocenters. The summed E-state index contributed by atoms with van der Waals surface area (Å²) in [6.45, 7) is 1.89. The van der Waals surface area contributed by atoms with E-state index >= 15 is 0 Å². The molecule has 2 aromatic heterocycles. The van der Waals surface area contributed by atoms with E-state index in [0.717, 1.165) is 5.01 Å². The molecule has 2 aromatic rings. The highest BCUT2D eigenvalue weighted by atomic mass is 32.1. The van der Waals surface area contributed by atoms with Crippen LogP contribution in [0.3, 0.4) is 0 Å². The second-order valence-electron chi connectivity index (χ2n) is 4.17. The molecular weight excluding hydrogens is 282 g/mol. The molecule has 0 aromatic carbocycles. The van der Waals surface area contributed by atoms with Crippen LogP contribution in [-0.2, 0) is 0 Å². The van der Waals surface area contributed by atoms with Crippen LogP contribution >= 0.6 is 22.7 Å². The van der Waals surface area contributed by atoms with E-state index in [9.17, 15) is 4.79 Å². The molecule has 19 heavy (non-hydrogen) atoms. The lowest BCUT2D eigenvalue weighted by atomic mass is 10.3. The zero-order valence-corrected chi connectivity index (χ0v) is 12.5. The normalized spacial score (nSPS) is 12.2. The molecule has 1 unspecified atom stereocenters. The van der Waals surface area contributed by atoms with Crippen LogP contribution in [0.15, 0.2) is 11.6 Å². The molecule has 2 rings (SSSR count). The number of aromatic nitrogens is 2. The van der Waals surface area contributed by atoms with E-state index in [1.54, 1.807) is 6.20 Å². The van der Waals surface area contributed by atoms with Gasteiger partial charge in [-0.25, -0.2) is 9.97 Å². The summed E-state index contributed by atoms with van der Waals surface area (Å²) >= 11 is 2.78.